The molecule has 29 heavy (non-hydrogen) atoms. The number of carbonyl (C=O) groups excluding carboxylic acids is 1. The molecule has 5 nitrogen and oxygen atoms in total. The summed E-state index contributed by atoms with van der Waals surface area (Å²) in [6, 6.07) is 18.3. The van der Waals surface area contributed by atoms with Crippen LogP contribution in [0.25, 0.3) is 11.1 Å². The highest BCUT2D eigenvalue weighted by molar-refractivity contribution is 5.77. The molecule has 1 aliphatic rings. The summed E-state index contributed by atoms with van der Waals surface area (Å²) in [7, 11) is 1.66. The summed E-state index contributed by atoms with van der Waals surface area (Å²) in [6.07, 6.45) is 5.24. The number of methoxy groups -OCH3 is 1. The summed E-state index contributed by atoms with van der Waals surface area (Å²) in [4.78, 5) is 14.9. The number of ether oxygens (including phenoxy) is 1. The lowest BCUT2D eigenvalue weighted by atomic mass is 9.90. The van der Waals surface area contributed by atoms with E-state index in [1.54, 1.807) is 7.11 Å². The maximum atomic E-state index is 12.9. The molecule has 1 fully saturated rings. The minimum atomic E-state index is 0.221. The van der Waals surface area contributed by atoms with Crippen LogP contribution in [0.1, 0.15) is 36.4 Å². The summed E-state index contributed by atoms with van der Waals surface area (Å²) in [5.74, 6) is 1.35. The van der Waals surface area contributed by atoms with Gasteiger partial charge in [0.25, 0.3) is 0 Å². The Bertz CT molecular complexity index is 952. The lowest BCUT2D eigenvalue weighted by Gasteiger charge is -2.33. The summed E-state index contributed by atoms with van der Waals surface area (Å²) in [5.41, 5.74) is 4.58. The van der Waals surface area contributed by atoms with E-state index in [1.807, 2.05) is 53.6 Å². The summed E-state index contributed by atoms with van der Waals surface area (Å²) >= 11 is 0. The number of rotatable bonds is 6. The molecule has 150 valence electrons. The van der Waals surface area contributed by atoms with E-state index < -0.39 is 0 Å². The standard InChI is InChI=1S/C24H27N3O2/c1-29-21-11-5-7-18(15-21)12-13-23(28)27-14-6-10-20(17-27)24-22(16-25-26-24)19-8-3-2-4-9-19/h2-5,7-9,11,15-16,20H,6,10,12-14,17H2,1H3,(H,25,26). The topological polar surface area (TPSA) is 58.2 Å². The minimum absolute atomic E-state index is 0.221. The Balaban J connectivity index is 1.41. The van der Waals surface area contributed by atoms with Crippen LogP contribution < -0.4 is 4.74 Å². The molecule has 1 atom stereocenters. The van der Waals surface area contributed by atoms with Crippen LogP contribution >= 0.6 is 0 Å². The van der Waals surface area contributed by atoms with E-state index in [9.17, 15) is 4.79 Å². The fourth-order valence-corrected chi connectivity index (χ4v) is 4.13. The monoisotopic (exact) mass is 389 g/mol. The van der Waals surface area contributed by atoms with Crippen LogP contribution in [0.5, 0.6) is 5.75 Å². The maximum absolute atomic E-state index is 12.9. The molecule has 1 unspecified atom stereocenters. The second-order valence-electron chi connectivity index (χ2n) is 7.59. The molecule has 3 aromatic rings. The fraction of sp³-hybridized carbons (Fsp3) is 0.333. The van der Waals surface area contributed by atoms with Crippen LogP contribution in [0, 0.1) is 0 Å². The molecule has 0 aliphatic carbocycles. The summed E-state index contributed by atoms with van der Waals surface area (Å²) in [6.45, 7) is 1.58. The first kappa shape index (κ1) is 19.2. The minimum Gasteiger partial charge on any atom is -0.497 e. The van der Waals surface area contributed by atoms with Gasteiger partial charge in [0, 0.05) is 36.7 Å². The predicted molar refractivity (Wildman–Crippen MR) is 114 cm³/mol. The van der Waals surface area contributed by atoms with Crippen molar-refractivity contribution >= 4 is 5.91 Å². The number of benzene rings is 2. The van der Waals surface area contributed by atoms with E-state index in [1.165, 1.54) is 0 Å². The van der Waals surface area contributed by atoms with Gasteiger partial charge in [-0.1, -0.05) is 42.5 Å². The van der Waals surface area contributed by atoms with Gasteiger partial charge in [0.2, 0.25) is 5.91 Å². The first-order valence-corrected chi connectivity index (χ1v) is 10.2. The van der Waals surface area contributed by atoms with E-state index in [0.29, 0.717) is 12.3 Å². The number of H-pyrrole nitrogens is 1. The smallest absolute Gasteiger partial charge is 0.222 e. The average molecular weight is 389 g/mol. The number of hydrogen-bond acceptors (Lipinski definition) is 3. The van der Waals surface area contributed by atoms with Crippen molar-refractivity contribution in [3.8, 4) is 16.9 Å². The van der Waals surface area contributed by atoms with Crippen molar-refractivity contribution in [2.75, 3.05) is 20.2 Å². The first-order valence-electron chi connectivity index (χ1n) is 10.2. The number of hydrogen-bond donors (Lipinski definition) is 1. The van der Waals surface area contributed by atoms with Gasteiger partial charge in [-0.15, -0.1) is 0 Å². The average Bonchev–Trinajstić information content (AvgIpc) is 3.28. The zero-order valence-electron chi connectivity index (χ0n) is 16.8. The molecule has 1 saturated heterocycles. The predicted octanol–water partition coefficient (Wildman–Crippen LogP) is 4.42. The van der Waals surface area contributed by atoms with Gasteiger partial charge in [-0.05, 0) is 42.5 Å². The molecule has 0 radical (unpaired) electrons. The van der Waals surface area contributed by atoms with Crippen LogP contribution in [-0.2, 0) is 11.2 Å². The second-order valence-corrected chi connectivity index (χ2v) is 7.59. The second kappa shape index (κ2) is 8.95. The molecule has 0 saturated carbocycles. The normalized spacial score (nSPS) is 16.6. The van der Waals surface area contributed by atoms with Crippen molar-refractivity contribution in [3.63, 3.8) is 0 Å². The number of nitrogens with one attached hydrogen (secondary N) is 1. The van der Waals surface area contributed by atoms with Gasteiger partial charge in [-0.25, -0.2) is 0 Å². The van der Waals surface area contributed by atoms with Crippen molar-refractivity contribution in [2.24, 2.45) is 0 Å². The Morgan fingerprint density at radius 1 is 1.21 bits per heavy atom. The molecule has 1 amide bonds. The molecule has 0 spiro atoms. The van der Waals surface area contributed by atoms with Crippen LogP contribution in [-0.4, -0.2) is 41.2 Å². The molecule has 1 aromatic heterocycles. The van der Waals surface area contributed by atoms with Gasteiger partial charge in [0.1, 0.15) is 5.75 Å². The Hall–Kier alpha value is -3.08. The highest BCUT2D eigenvalue weighted by Crippen LogP contribution is 2.33. The van der Waals surface area contributed by atoms with E-state index in [4.69, 9.17) is 4.74 Å². The molecule has 5 heteroatoms. The van der Waals surface area contributed by atoms with E-state index >= 15 is 0 Å². The molecule has 2 aromatic carbocycles. The third-order valence-corrected chi connectivity index (χ3v) is 5.70. The highest BCUT2D eigenvalue weighted by Gasteiger charge is 2.27. The quantitative estimate of drug-likeness (QED) is 0.679. The third kappa shape index (κ3) is 4.50. The highest BCUT2D eigenvalue weighted by atomic mass is 16.5. The Morgan fingerprint density at radius 2 is 2.07 bits per heavy atom. The molecule has 0 bridgehead atoms. The largest absolute Gasteiger partial charge is 0.497 e. The van der Waals surface area contributed by atoms with Crippen LogP contribution in [0.3, 0.4) is 0 Å². The van der Waals surface area contributed by atoms with Crippen LogP contribution in [0.2, 0.25) is 0 Å². The number of nitrogens with zero attached hydrogens (tertiary/aromatic N) is 2. The van der Waals surface area contributed by atoms with Crippen molar-refractivity contribution in [1.82, 2.24) is 15.1 Å². The molecular formula is C24H27N3O2. The number of likely N-dealkylation sites (tertiary alicyclic amines) is 1. The number of aromatic amines is 1. The van der Waals surface area contributed by atoms with E-state index in [0.717, 1.165) is 60.5 Å². The van der Waals surface area contributed by atoms with Gasteiger partial charge in [0.05, 0.1) is 13.3 Å². The molecular weight excluding hydrogens is 362 g/mol. The van der Waals surface area contributed by atoms with Crippen molar-refractivity contribution in [2.45, 2.75) is 31.6 Å². The zero-order chi connectivity index (χ0) is 20.1. The SMILES string of the molecule is COc1cccc(CCC(=O)N2CCCC(c3[nH]ncc3-c3ccccc3)C2)c1. The molecule has 1 aliphatic heterocycles. The zero-order valence-corrected chi connectivity index (χ0v) is 16.8. The number of aryl methyl sites for hydroxylation is 1. The first-order chi connectivity index (χ1) is 14.2. The van der Waals surface area contributed by atoms with Crippen molar-refractivity contribution < 1.29 is 9.53 Å². The Kier molecular flexibility index (Phi) is 5.94. The number of piperidine rings is 1. The molecule has 4 rings (SSSR count). The summed E-state index contributed by atoms with van der Waals surface area (Å²) < 4.78 is 5.28. The Labute approximate surface area is 171 Å². The lowest BCUT2D eigenvalue weighted by Crippen LogP contribution is -2.39. The van der Waals surface area contributed by atoms with Gasteiger partial charge in [-0.3, -0.25) is 9.89 Å². The number of carbonyl (C=O) groups is 1. The maximum Gasteiger partial charge on any atom is 0.222 e. The summed E-state index contributed by atoms with van der Waals surface area (Å²) in [5, 5.41) is 7.50. The lowest BCUT2D eigenvalue weighted by molar-refractivity contribution is -0.132. The van der Waals surface area contributed by atoms with Gasteiger partial charge in [-0.2, -0.15) is 5.10 Å². The van der Waals surface area contributed by atoms with Crippen molar-refractivity contribution in [3.05, 3.63) is 72.1 Å². The third-order valence-electron chi connectivity index (χ3n) is 5.70. The van der Waals surface area contributed by atoms with E-state index in [2.05, 4.69) is 22.3 Å². The van der Waals surface area contributed by atoms with E-state index in [-0.39, 0.29) is 5.91 Å². The van der Waals surface area contributed by atoms with Gasteiger partial charge < -0.3 is 9.64 Å². The van der Waals surface area contributed by atoms with Gasteiger partial charge >= 0.3 is 0 Å². The fourth-order valence-electron chi connectivity index (χ4n) is 4.13. The number of aromatic nitrogens is 2. The van der Waals surface area contributed by atoms with Crippen molar-refractivity contribution in [1.29, 1.82) is 0 Å². The Morgan fingerprint density at radius 3 is 2.90 bits per heavy atom. The van der Waals surface area contributed by atoms with Crippen LogP contribution in [0.4, 0.5) is 0 Å². The van der Waals surface area contributed by atoms with Gasteiger partial charge in [0.15, 0.2) is 0 Å². The number of amides is 1. The van der Waals surface area contributed by atoms with Crippen LogP contribution in [0.15, 0.2) is 60.8 Å². The molecule has 1 N–H and O–H groups in total. The molecule has 2 heterocycles.